The molecule has 0 fully saturated rings. The van der Waals surface area contributed by atoms with Crippen molar-refractivity contribution in [1.82, 2.24) is 4.90 Å². The molecule has 5 unspecified atom stereocenters. The first-order valence-corrected chi connectivity index (χ1v) is 12.4. The lowest BCUT2D eigenvalue weighted by Gasteiger charge is -2.37. The van der Waals surface area contributed by atoms with E-state index in [4.69, 9.17) is 0 Å². The first-order chi connectivity index (χ1) is 12.8. The largest absolute Gasteiger partial charge is 0.309 e. The van der Waals surface area contributed by atoms with Crippen LogP contribution in [0.5, 0.6) is 0 Å². The van der Waals surface area contributed by atoms with E-state index in [-0.39, 0.29) is 0 Å². The van der Waals surface area contributed by atoms with Gasteiger partial charge in [0.15, 0.2) is 0 Å². The van der Waals surface area contributed by atoms with Crippen molar-refractivity contribution in [2.45, 2.75) is 113 Å². The van der Waals surface area contributed by atoms with Crippen molar-refractivity contribution in [3.8, 4) is 0 Å². The van der Waals surface area contributed by atoms with Crippen LogP contribution in [-0.2, 0) is 0 Å². The zero-order valence-corrected chi connectivity index (χ0v) is 20.7. The third-order valence-electron chi connectivity index (χ3n) is 7.23. The molecule has 0 aromatic carbocycles. The smallest absolute Gasteiger partial charge is 0.00221 e. The first kappa shape index (κ1) is 27.0. The van der Waals surface area contributed by atoms with E-state index >= 15 is 0 Å². The molecule has 0 saturated carbocycles. The molecule has 164 valence electrons. The molecule has 0 spiro atoms. The van der Waals surface area contributed by atoms with Crippen LogP contribution < -0.4 is 0 Å². The highest BCUT2D eigenvalue weighted by atomic mass is 15.0. The van der Waals surface area contributed by atoms with Crippen LogP contribution in [0.1, 0.15) is 113 Å². The molecular weight excluding hydrogens is 326 g/mol. The van der Waals surface area contributed by atoms with E-state index in [1.165, 1.54) is 70.8 Å². The Labute approximate surface area is 174 Å². The maximum Gasteiger partial charge on any atom is -0.00221 e. The van der Waals surface area contributed by atoms with Crippen LogP contribution in [-0.4, -0.2) is 25.5 Å². The molecular formula is C26H55N. The van der Waals surface area contributed by atoms with Gasteiger partial charge in [0, 0.05) is 0 Å². The summed E-state index contributed by atoms with van der Waals surface area (Å²) >= 11 is 0. The minimum atomic E-state index is 0.824. The molecule has 27 heavy (non-hydrogen) atoms. The average molecular weight is 382 g/mol. The van der Waals surface area contributed by atoms with Gasteiger partial charge in [0.1, 0.15) is 0 Å². The van der Waals surface area contributed by atoms with Crippen LogP contribution in [0.15, 0.2) is 0 Å². The molecule has 0 aliphatic carbocycles. The zero-order chi connectivity index (χ0) is 20.8. The van der Waals surface area contributed by atoms with E-state index in [0.29, 0.717) is 0 Å². The number of hydrogen-bond acceptors (Lipinski definition) is 1. The van der Waals surface area contributed by atoms with E-state index in [0.717, 1.165) is 35.5 Å². The first-order valence-electron chi connectivity index (χ1n) is 12.4. The molecule has 0 aromatic rings. The highest BCUT2D eigenvalue weighted by Crippen LogP contribution is 2.39. The second kappa shape index (κ2) is 15.8. The van der Waals surface area contributed by atoms with Crippen molar-refractivity contribution in [3.63, 3.8) is 0 Å². The molecule has 1 heteroatoms. The average Bonchev–Trinajstić information content (AvgIpc) is 2.62. The quantitative estimate of drug-likeness (QED) is 0.229. The van der Waals surface area contributed by atoms with Gasteiger partial charge in [0.2, 0.25) is 0 Å². The lowest BCUT2D eigenvalue weighted by Crippen LogP contribution is -2.30. The Morgan fingerprint density at radius 3 is 1.78 bits per heavy atom. The van der Waals surface area contributed by atoms with Crippen molar-refractivity contribution in [1.29, 1.82) is 0 Å². The van der Waals surface area contributed by atoms with E-state index in [1.807, 2.05) is 0 Å². The molecule has 0 N–H and O–H groups in total. The lowest BCUT2D eigenvalue weighted by atomic mass is 9.69. The number of rotatable bonds is 17. The Morgan fingerprint density at radius 1 is 0.667 bits per heavy atom. The molecule has 0 radical (unpaired) electrons. The standard InChI is InChI=1S/C26H55N/c1-10-13-15-17-25(21(4)5)23(7)20-26(22(6)12-3)24(16-14-11-2)18-19-27(8)9/h21-26H,10-20H2,1-9H3. The molecule has 0 rings (SSSR count). The molecule has 1 nitrogen and oxygen atoms in total. The second-order valence-corrected chi connectivity index (χ2v) is 10.2. The van der Waals surface area contributed by atoms with Gasteiger partial charge in [-0.2, -0.15) is 0 Å². The van der Waals surface area contributed by atoms with Gasteiger partial charge < -0.3 is 4.90 Å². The van der Waals surface area contributed by atoms with Gasteiger partial charge >= 0.3 is 0 Å². The highest BCUT2D eigenvalue weighted by Gasteiger charge is 2.30. The van der Waals surface area contributed by atoms with Crippen LogP contribution in [0.4, 0.5) is 0 Å². The summed E-state index contributed by atoms with van der Waals surface area (Å²) < 4.78 is 0. The van der Waals surface area contributed by atoms with Crippen LogP contribution in [0.25, 0.3) is 0 Å². The third kappa shape index (κ3) is 11.5. The van der Waals surface area contributed by atoms with E-state index in [9.17, 15) is 0 Å². The van der Waals surface area contributed by atoms with Gasteiger partial charge in [-0.05, 0) is 75.4 Å². The lowest BCUT2D eigenvalue weighted by molar-refractivity contribution is 0.126. The molecule has 0 heterocycles. The summed E-state index contributed by atoms with van der Waals surface area (Å²) in [5.74, 6) is 5.27. The van der Waals surface area contributed by atoms with Crippen molar-refractivity contribution in [3.05, 3.63) is 0 Å². The normalized spacial score (nSPS) is 17.9. The van der Waals surface area contributed by atoms with Gasteiger partial charge in [0.05, 0.1) is 0 Å². The minimum absolute atomic E-state index is 0.824. The van der Waals surface area contributed by atoms with Crippen molar-refractivity contribution in [2.75, 3.05) is 20.6 Å². The predicted octanol–water partition coefficient (Wildman–Crippen LogP) is 8.29. The third-order valence-corrected chi connectivity index (χ3v) is 7.23. The van der Waals surface area contributed by atoms with Crippen LogP contribution in [0, 0.1) is 35.5 Å². The summed E-state index contributed by atoms with van der Waals surface area (Å²) in [6, 6.07) is 0. The second-order valence-electron chi connectivity index (χ2n) is 10.2. The highest BCUT2D eigenvalue weighted by molar-refractivity contribution is 4.80. The van der Waals surface area contributed by atoms with Crippen molar-refractivity contribution >= 4 is 0 Å². The van der Waals surface area contributed by atoms with Gasteiger partial charge in [-0.3, -0.25) is 0 Å². The molecule has 5 atom stereocenters. The monoisotopic (exact) mass is 381 g/mol. The molecule has 0 bridgehead atoms. The summed E-state index contributed by atoms with van der Waals surface area (Å²) in [6.45, 7) is 18.4. The minimum Gasteiger partial charge on any atom is -0.309 e. The van der Waals surface area contributed by atoms with Gasteiger partial charge in [-0.15, -0.1) is 0 Å². The molecule has 0 saturated heterocycles. The van der Waals surface area contributed by atoms with Crippen molar-refractivity contribution in [2.24, 2.45) is 35.5 Å². The van der Waals surface area contributed by atoms with Crippen LogP contribution in [0.3, 0.4) is 0 Å². The Hall–Kier alpha value is -0.0400. The number of nitrogens with zero attached hydrogens (tertiary/aromatic N) is 1. The number of hydrogen-bond donors (Lipinski definition) is 0. The maximum atomic E-state index is 2.58. The molecule has 0 aromatic heterocycles. The fourth-order valence-corrected chi connectivity index (χ4v) is 5.16. The summed E-state index contributed by atoms with van der Waals surface area (Å²) in [6.07, 6.45) is 14.0. The fourth-order valence-electron chi connectivity index (χ4n) is 5.16. The Kier molecular flexibility index (Phi) is 15.8. The van der Waals surface area contributed by atoms with Gasteiger partial charge in [0.25, 0.3) is 0 Å². The SMILES string of the molecule is CCCCCC(C(C)C)C(C)CC(C(C)CC)C(CCCC)CCN(C)C. The van der Waals surface area contributed by atoms with E-state index < -0.39 is 0 Å². The van der Waals surface area contributed by atoms with Gasteiger partial charge in [-0.1, -0.05) is 93.4 Å². The molecule has 0 aliphatic rings. The van der Waals surface area contributed by atoms with E-state index in [1.54, 1.807) is 0 Å². The Balaban J connectivity index is 5.18. The Morgan fingerprint density at radius 2 is 1.30 bits per heavy atom. The predicted molar refractivity (Wildman–Crippen MR) is 125 cm³/mol. The summed E-state index contributed by atoms with van der Waals surface area (Å²) in [7, 11) is 4.47. The number of unbranched alkanes of at least 4 members (excludes halogenated alkanes) is 3. The van der Waals surface area contributed by atoms with Crippen LogP contribution in [0.2, 0.25) is 0 Å². The molecule has 0 amide bonds. The van der Waals surface area contributed by atoms with Gasteiger partial charge in [-0.25, -0.2) is 0 Å². The van der Waals surface area contributed by atoms with Crippen LogP contribution >= 0.6 is 0 Å². The zero-order valence-electron chi connectivity index (χ0n) is 20.7. The Bertz CT molecular complexity index is 322. The summed E-state index contributed by atoms with van der Waals surface area (Å²) in [5, 5.41) is 0. The maximum absolute atomic E-state index is 2.58. The van der Waals surface area contributed by atoms with E-state index in [2.05, 4.69) is 67.5 Å². The van der Waals surface area contributed by atoms with Crippen molar-refractivity contribution < 1.29 is 0 Å². The summed E-state index contributed by atoms with van der Waals surface area (Å²) in [4.78, 5) is 2.39. The fraction of sp³-hybridized carbons (Fsp3) is 1.00. The molecule has 0 aliphatic heterocycles. The summed E-state index contributed by atoms with van der Waals surface area (Å²) in [5.41, 5.74) is 0. The topological polar surface area (TPSA) is 3.24 Å².